The standard InChI is InChI=1S/C20H28N2O3/c23-19(9-8-18-7-4-14-25-18)22-12-10-16(11-13-22)15-21-20(24)17-5-2-1-3-6-17/h4,7-9,14,16-17H,1-3,5-6,10-13,15H2,(H,21,24)/b9-8+. The van der Waals surface area contributed by atoms with E-state index >= 15 is 0 Å². The molecule has 0 spiro atoms. The minimum atomic E-state index is 0.0288. The van der Waals surface area contributed by atoms with Gasteiger partial charge in [0.2, 0.25) is 11.8 Å². The molecule has 1 aliphatic heterocycles. The van der Waals surface area contributed by atoms with Gasteiger partial charge in [-0.25, -0.2) is 0 Å². The zero-order valence-corrected chi connectivity index (χ0v) is 14.8. The zero-order chi connectivity index (χ0) is 17.5. The van der Waals surface area contributed by atoms with Crippen LogP contribution in [0.1, 0.15) is 50.7 Å². The molecule has 0 radical (unpaired) electrons. The molecule has 3 rings (SSSR count). The van der Waals surface area contributed by atoms with Crippen molar-refractivity contribution in [1.29, 1.82) is 0 Å². The highest BCUT2D eigenvalue weighted by Crippen LogP contribution is 2.24. The lowest BCUT2D eigenvalue weighted by atomic mass is 9.88. The van der Waals surface area contributed by atoms with Crippen molar-refractivity contribution >= 4 is 17.9 Å². The van der Waals surface area contributed by atoms with Crippen LogP contribution >= 0.6 is 0 Å². The number of nitrogens with one attached hydrogen (secondary N) is 1. The minimum absolute atomic E-state index is 0.0288. The molecule has 1 saturated carbocycles. The molecular weight excluding hydrogens is 316 g/mol. The fourth-order valence-electron chi connectivity index (χ4n) is 3.76. The van der Waals surface area contributed by atoms with Crippen molar-refractivity contribution in [1.82, 2.24) is 10.2 Å². The van der Waals surface area contributed by atoms with E-state index in [4.69, 9.17) is 4.42 Å². The summed E-state index contributed by atoms with van der Waals surface area (Å²) in [6.45, 7) is 2.26. The Morgan fingerprint density at radius 1 is 1.16 bits per heavy atom. The van der Waals surface area contributed by atoms with Gasteiger partial charge in [-0.1, -0.05) is 19.3 Å². The molecule has 0 aromatic carbocycles. The van der Waals surface area contributed by atoms with E-state index in [2.05, 4.69) is 5.32 Å². The van der Waals surface area contributed by atoms with Crippen LogP contribution in [0.3, 0.4) is 0 Å². The maximum Gasteiger partial charge on any atom is 0.246 e. The van der Waals surface area contributed by atoms with Crippen LogP contribution in [-0.4, -0.2) is 36.3 Å². The quantitative estimate of drug-likeness (QED) is 0.834. The lowest BCUT2D eigenvalue weighted by Crippen LogP contribution is -2.42. The number of hydrogen-bond donors (Lipinski definition) is 1. The second-order valence-corrected chi connectivity index (χ2v) is 7.20. The van der Waals surface area contributed by atoms with Crippen LogP contribution in [0.4, 0.5) is 0 Å². The lowest BCUT2D eigenvalue weighted by Gasteiger charge is -2.32. The van der Waals surface area contributed by atoms with Crippen molar-refractivity contribution in [2.24, 2.45) is 11.8 Å². The summed E-state index contributed by atoms with van der Waals surface area (Å²) in [5.41, 5.74) is 0. The number of furan rings is 1. The highest BCUT2D eigenvalue weighted by Gasteiger charge is 2.24. The first-order valence-corrected chi connectivity index (χ1v) is 9.50. The Balaban J connectivity index is 1.36. The Hall–Kier alpha value is -2.04. The van der Waals surface area contributed by atoms with E-state index in [9.17, 15) is 9.59 Å². The third-order valence-electron chi connectivity index (χ3n) is 5.40. The molecule has 0 atom stereocenters. The highest BCUT2D eigenvalue weighted by atomic mass is 16.3. The molecular formula is C20H28N2O3. The first-order chi connectivity index (χ1) is 12.2. The molecule has 1 aromatic rings. The summed E-state index contributed by atoms with van der Waals surface area (Å²) in [5, 5.41) is 3.14. The van der Waals surface area contributed by atoms with Crippen LogP contribution in [-0.2, 0) is 9.59 Å². The number of likely N-dealkylation sites (tertiary alicyclic amines) is 1. The third-order valence-corrected chi connectivity index (χ3v) is 5.40. The number of hydrogen-bond acceptors (Lipinski definition) is 3. The van der Waals surface area contributed by atoms with Gasteiger partial charge in [0.1, 0.15) is 5.76 Å². The number of carbonyl (C=O) groups is 2. The summed E-state index contributed by atoms with van der Waals surface area (Å²) >= 11 is 0. The second kappa shape index (κ2) is 8.88. The van der Waals surface area contributed by atoms with Gasteiger partial charge < -0.3 is 14.6 Å². The summed E-state index contributed by atoms with van der Waals surface area (Å²) in [6, 6.07) is 3.63. The molecule has 2 heterocycles. The van der Waals surface area contributed by atoms with Gasteiger partial charge in [0, 0.05) is 31.6 Å². The van der Waals surface area contributed by atoms with E-state index in [1.165, 1.54) is 19.3 Å². The average Bonchev–Trinajstić information content (AvgIpc) is 3.19. The van der Waals surface area contributed by atoms with E-state index in [0.29, 0.717) is 11.7 Å². The van der Waals surface area contributed by atoms with Crippen LogP contribution in [0.25, 0.3) is 6.08 Å². The van der Waals surface area contributed by atoms with Crippen molar-refractivity contribution in [2.75, 3.05) is 19.6 Å². The topological polar surface area (TPSA) is 62.6 Å². The van der Waals surface area contributed by atoms with Gasteiger partial charge in [-0.05, 0) is 49.8 Å². The van der Waals surface area contributed by atoms with Crippen LogP contribution in [0.2, 0.25) is 0 Å². The van der Waals surface area contributed by atoms with Crippen molar-refractivity contribution in [3.63, 3.8) is 0 Å². The maximum absolute atomic E-state index is 12.2. The van der Waals surface area contributed by atoms with Crippen molar-refractivity contribution in [3.05, 3.63) is 30.2 Å². The van der Waals surface area contributed by atoms with Gasteiger partial charge in [0.15, 0.2) is 0 Å². The van der Waals surface area contributed by atoms with E-state index in [-0.39, 0.29) is 17.7 Å². The molecule has 1 saturated heterocycles. The number of piperidine rings is 1. The monoisotopic (exact) mass is 344 g/mol. The fourth-order valence-corrected chi connectivity index (χ4v) is 3.76. The predicted molar refractivity (Wildman–Crippen MR) is 96.6 cm³/mol. The summed E-state index contributed by atoms with van der Waals surface area (Å²) < 4.78 is 5.19. The summed E-state index contributed by atoms with van der Waals surface area (Å²) in [7, 11) is 0. The van der Waals surface area contributed by atoms with Crippen molar-refractivity contribution in [3.8, 4) is 0 Å². The van der Waals surface area contributed by atoms with E-state index in [1.807, 2.05) is 11.0 Å². The smallest absolute Gasteiger partial charge is 0.246 e. The summed E-state index contributed by atoms with van der Waals surface area (Å²) in [6.07, 6.45) is 12.5. The van der Waals surface area contributed by atoms with Crippen LogP contribution in [0, 0.1) is 11.8 Å². The second-order valence-electron chi connectivity index (χ2n) is 7.20. The molecule has 1 N–H and O–H groups in total. The van der Waals surface area contributed by atoms with Crippen LogP contribution < -0.4 is 5.32 Å². The van der Waals surface area contributed by atoms with Gasteiger partial charge >= 0.3 is 0 Å². The first kappa shape index (κ1) is 17.8. The molecule has 136 valence electrons. The van der Waals surface area contributed by atoms with Crippen LogP contribution in [0.15, 0.2) is 28.9 Å². The number of nitrogens with zero attached hydrogens (tertiary/aromatic N) is 1. The molecule has 2 aliphatic rings. The van der Waals surface area contributed by atoms with Gasteiger partial charge in [-0.3, -0.25) is 9.59 Å². The van der Waals surface area contributed by atoms with Crippen molar-refractivity contribution < 1.29 is 14.0 Å². The van der Waals surface area contributed by atoms with E-state index < -0.39 is 0 Å². The molecule has 25 heavy (non-hydrogen) atoms. The normalized spacial score (nSPS) is 20.1. The molecule has 0 unspecified atom stereocenters. The molecule has 5 nitrogen and oxygen atoms in total. The Kier molecular flexibility index (Phi) is 6.31. The summed E-state index contributed by atoms with van der Waals surface area (Å²) in [5.74, 6) is 1.65. The van der Waals surface area contributed by atoms with E-state index in [1.54, 1.807) is 24.5 Å². The molecule has 1 aliphatic carbocycles. The average molecular weight is 344 g/mol. The molecule has 0 bridgehead atoms. The van der Waals surface area contributed by atoms with Gasteiger partial charge in [-0.15, -0.1) is 0 Å². The Morgan fingerprint density at radius 2 is 1.92 bits per heavy atom. The number of carbonyl (C=O) groups excluding carboxylic acids is 2. The predicted octanol–water partition coefficient (Wildman–Crippen LogP) is 3.23. The van der Waals surface area contributed by atoms with Gasteiger partial charge in [-0.2, -0.15) is 0 Å². The van der Waals surface area contributed by atoms with Crippen molar-refractivity contribution in [2.45, 2.75) is 44.9 Å². The summed E-state index contributed by atoms with van der Waals surface area (Å²) in [4.78, 5) is 26.3. The SMILES string of the molecule is O=C(NCC1CCN(C(=O)/C=C/c2ccco2)CC1)C1CCCCC1. The Labute approximate surface area is 149 Å². The number of amides is 2. The lowest BCUT2D eigenvalue weighted by molar-refractivity contribution is -0.128. The minimum Gasteiger partial charge on any atom is -0.465 e. The van der Waals surface area contributed by atoms with E-state index in [0.717, 1.165) is 45.3 Å². The largest absolute Gasteiger partial charge is 0.465 e. The van der Waals surface area contributed by atoms with Gasteiger partial charge in [0.25, 0.3) is 0 Å². The molecule has 2 fully saturated rings. The molecule has 5 heteroatoms. The molecule has 1 aromatic heterocycles. The molecule has 2 amide bonds. The van der Waals surface area contributed by atoms with Gasteiger partial charge in [0.05, 0.1) is 6.26 Å². The zero-order valence-electron chi connectivity index (χ0n) is 14.8. The Morgan fingerprint density at radius 3 is 2.60 bits per heavy atom. The third kappa shape index (κ3) is 5.21. The maximum atomic E-state index is 12.2. The first-order valence-electron chi connectivity index (χ1n) is 9.50. The highest BCUT2D eigenvalue weighted by molar-refractivity contribution is 5.91. The Bertz CT molecular complexity index is 580. The fraction of sp³-hybridized carbons (Fsp3) is 0.600. The van der Waals surface area contributed by atoms with Crippen LogP contribution in [0.5, 0.6) is 0 Å². The number of rotatable bonds is 5.